The van der Waals surface area contributed by atoms with Crippen molar-refractivity contribution in [1.82, 2.24) is 5.32 Å². The van der Waals surface area contributed by atoms with Gasteiger partial charge in [-0.3, -0.25) is 9.59 Å². The van der Waals surface area contributed by atoms with Crippen molar-refractivity contribution in [2.45, 2.75) is 33.2 Å². The molecule has 1 aliphatic rings. The third-order valence-corrected chi connectivity index (χ3v) is 4.67. The highest BCUT2D eigenvalue weighted by Gasteiger charge is 2.35. The summed E-state index contributed by atoms with van der Waals surface area (Å²) in [6.45, 7) is 6.44. The predicted octanol–water partition coefficient (Wildman–Crippen LogP) is 3.53. The number of anilines is 1. The lowest BCUT2D eigenvalue weighted by Gasteiger charge is -2.19. The first-order valence-corrected chi connectivity index (χ1v) is 8.68. The van der Waals surface area contributed by atoms with Crippen LogP contribution in [-0.2, 0) is 9.59 Å². The van der Waals surface area contributed by atoms with E-state index in [9.17, 15) is 9.59 Å². The Morgan fingerprint density at radius 3 is 2.40 bits per heavy atom. The number of hydrogen-bond acceptors (Lipinski definition) is 2. The second kappa shape index (κ2) is 7.09. The van der Waals surface area contributed by atoms with Gasteiger partial charge < -0.3 is 10.2 Å². The number of carbonyl (C=O) groups is 2. The largest absolute Gasteiger partial charge is 0.349 e. The quantitative estimate of drug-likeness (QED) is 0.928. The first-order chi connectivity index (χ1) is 11.9. The molecular weight excluding hydrogens is 312 g/mol. The van der Waals surface area contributed by atoms with Crippen molar-refractivity contribution in [3.8, 4) is 0 Å². The average molecular weight is 336 g/mol. The van der Waals surface area contributed by atoms with E-state index < -0.39 is 0 Å². The van der Waals surface area contributed by atoms with Gasteiger partial charge in [-0.05, 0) is 49.6 Å². The van der Waals surface area contributed by atoms with Gasteiger partial charge in [-0.15, -0.1) is 0 Å². The molecule has 130 valence electrons. The van der Waals surface area contributed by atoms with E-state index in [2.05, 4.69) is 11.4 Å². The molecule has 2 aromatic carbocycles. The van der Waals surface area contributed by atoms with Crippen LogP contribution in [0.25, 0.3) is 0 Å². The molecule has 0 aromatic heterocycles. The molecule has 4 nitrogen and oxygen atoms in total. The normalized spacial score (nSPS) is 18.3. The molecule has 1 aliphatic heterocycles. The van der Waals surface area contributed by atoms with E-state index in [1.54, 1.807) is 4.90 Å². The molecule has 2 aromatic rings. The monoisotopic (exact) mass is 336 g/mol. The number of amides is 2. The molecule has 25 heavy (non-hydrogen) atoms. The van der Waals surface area contributed by atoms with Crippen LogP contribution in [0.1, 0.15) is 36.1 Å². The molecule has 2 atom stereocenters. The van der Waals surface area contributed by atoms with Gasteiger partial charge in [-0.2, -0.15) is 0 Å². The summed E-state index contributed by atoms with van der Waals surface area (Å²) in [5.74, 6) is -0.353. The maximum atomic E-state index is 12.6. The van der Waals surface area contributed by atoms with Gasteiger partial charge in [0, 0.05) is 18.7 Å². The lowest BCUT2D eigenvalue weighted by molar-refractivity contribution is -0.126. The molecule has 1 N–H and O–H groups in total. The predicted molar refractivity (Wildman–Crippen MR) is 99.4 cm³/mol. The van der Waals surface area contributed by atoms with Crippen LogP contribution in [0.5, 0.6) is 0 Å². The van der Waals surface area contributed by atoms with Crippen molar-refractivity contribution < 1.29 is 9.59 Å². The van der Waals surface area contributed by atoms with E-state index in [-0.39, 0.29) is 30.2 Å². The van der Waals surface area contributed by atoms with Crippen LogP contribution in [0.15, 0.2) is 48.5 Å². The zero-order valence-corrected chi connectivity index (χ0v) is 15.0. The third-order valence-electron chi connectivity index (χ3n) is 4.67. The highest BCUT2D eigenvalue weighted by Crippen LogP contribution is 2.27. The van der Waals surface area contributed by atoms with Crippen molar-refractivity contribution >= 4 is 17.5 Å². The number of benzene rings is 2. The first kappa shape index (κ1) is 17.2. The minimum Gasteiger partial charge on any atom is -0.349 e. The number of nitrogens with one attached hydrogen (secondary N) is 1. The number of carbonyl (C=O) groups excluding carboxylic acids is 2. The van der Waals surface area contributed by atoms with Crippen LogP contribution in [0.3, 0.4) is 0 Å². The van der Waals surface area contributed by atoms with Gasteiger partial charge in [0.2, 0.25) is 11.8 Å². The summed E-state index contributed by atoms with van der Waals surface area (Å²) < 4.78 is 0. The van der Waals surface area contributed by atoms with E-state index >= 15 is 0 Å². The van der Waals surface area contributed by atoms with Crippen molar-refractivity contribution in [3.63, 3.8) is 0 Å². The molecule has 0 radical (unpaired) electrons. The number of nitrogens with zero attached hydrogens (tertiary/aromatic N) is 1. The topological polar surface area (TPSA) is 49.4 Å². The van der Waals surface area contributed by atoms with Crippen LogP contribution in [0, 0.1) is 19.8 Å². The van der Waals surface area contributed by atoms with E-state index in [1.165, 1.54) is 0 Å². The fourth-order valence-corrected chi connectivity index (χ4v) is 3.40. The minimum absolute atomic E-state index is 0.0116. The van der Waals surface area contributed by atoms with Crippen molar-refractivity contribution in [3.05, 3.63) is 65.2 Å². The highest BCUT2D eigenvalue weighted by molar-refractivity contribution is 6.00. The first-order valence-electron chi connectivity index (χ1n) is 8.68. The summed E-state index contributed by atoms with van der Waals surface area (Å²) >= 11 is 0. The summed E-state index contributed by atoms with van der Waals surface area (Å²) in [5.41, 5.74) is 4.18. The molecule has 1 saturated heterocycles. The van der Waals surface area contributed by atoms with Crippen molar-refractivity contribution in [1.29, 1.82) is 0 Å². The summed E-state index contributed by atoms with van der Waals surface area (Å²) in [6, 6.07) is 15.9. The third kappa shape index (κ3) is 3.90. The Balaban J connectivity index is 1.68. The van der Waals surface area contributed by atoms with Gasteiger partial charge >= 0.3 is 0 Å². The van der Waals surface area contributed by atoms with Gasteiger partial charge in [0.25, 0.3) is 0 Å². The smallest absolute Gasteiger partial charge is 0.227 e. The van der Waals surface area contributed by atoms with E-state index in [4.69, 9.17) is 0 Å². The molecule has 1 heterocycles. The molecule has 0 spiro atoms. The van der Waals surface area contributed by atoms with Crippen LogP contribution < -0.4 is 10.2 Å². The molecule has 3 rings (SSSR count). The van der Waals surface area contributed by atoms with Crippen molar-refractivity contribution in [2.24, 2.45) is 5.92 Å². The SMILES string of the molecule is Cc1cc(C)cc(N2C[C@@H](C(=O)N[C@H](C)c3ccccc3)CC2=O)c1. The maximum Gasteiger partial charge on any atom is 0.227 e. The van der Waals surface area contributed by atoms with Gasteiger partial charge in [0.1, 0.15) is 0 Å². The van der Waals surface area contributed by atoms with Crippen molar-refractivity contribution in [2.75, 3.05) is 11.4 Å². The molecule has 0 saturated carbocycles. The molecule has 0 bridgehead atoms. The Bertz CT molecular complexity index is 765. The van der Waals surface area contributed by atoms with Gasteiger partial charge in [-0.25, -0.2) is 0 Å². The molecular formula is C21H24N2O2. The lowest BCUT2D eigenvalue weighted by atomic mass is 10.1. The van der Waals surface area contributed by atoms with E-state index in [1.807, 2.05) is 63.2 Å². The van der Waals surface area contributed by atoms with Crippen LogP contribution in [-0.4, -0.2) is 18.4 Å². The highest BCUT2D eigenvalue weighted by atomic mass is 16.2. The molecule has 1 fully saturated rings. The number of hydrogen-bond donors (Lipinski definition) is 1. The number of rotatable bonds is 4. The van der Waals surface area contributed by atoms with E-state index in [0.29, 0.717) is 6.54 Å². The standard InChI is InChI=1S/C21H24N2O2/c1-14-9-15(2)11-19(10-14)23-13-18(12-20(23)24)21(25)22-16(3)17-7-5-4-6-8-17/h4-11,16,18H,12-13H2,1-3H3,(H,22,25)/t16-,18+/m1/s1. The van der Waals surface area contributed by atoms with Gasteiger partial charge in [-0.1, -0.05) is 36.4 Å². The minimum atomic E-state index is -0.306. The Morgan fingerprint density at radius 1 is 1.12 bits per heavy atom. The zero-order valence-electron chi connectivity index (χ0n) is 15.0. The maximum absolute atomic E-state index is 12.6. The van der Waals surface area contributed by atoms with E-state index in [0.717, 1.165) is 22.4 Å². The fraction of sp³-hybridized carbons (Fsp3) is 0.333. The van der Waals surface area contributed by atoms with Gasteiger partial charge in [0.05, 0.1) is 12.0 Å². The van der Waals surface area contributed by atoms with Crippen LogP contribution >= 0.6 is 0 Å². The Kier molecular flexibility index (Phi) is 4.88. The lowest BCUT2D eigenvalue weighted by Crippen LogP contribution is -2.34. The summed E-state index contributed by atoms with van der Waals surface area (Å²) in [7, 11) is 0. The Hall–Kier alpha value is -2.62. The summed E-state index contributed by atoms with van der Waals surface area (Å²) in [5, 5.41) is 3.04. The van der Waals surface area contributed by atoms with Crippen LogP contribution in [0.4, 0.5) is 5.69 Å². The fourth-order valence-electron chi connectivity index (χ4n) is 3.40. The number of aryl methyl sites for hydroxylation is 2. The molecule has 0 unspecified atom stereocenters. The summed E-state index contributed by atoms with van der Waals surface area (Å²) in [6.07, 6.45) is 0.264. The molecule has 4 heteroatoms. The Labute approximate surface area is 148 Å². The zero-order chi connectivity index (χ0) is 18.0. The summed E-state index contributed by atoms with van der Waals surface area (Å²) in [4.78, 5) is 26.7. The Morgan fingerprint density at radius 2 is 1.76 bits per heavy atom. The second-order valence-corrected chi connectivity index (χ2v) is 6.89. The van der Waals surface area contributed by atoms with Crippen LogP contribution in [0.2, 0.25) is 0 Å². The molecule has 2 amide bonds. The average Bonchev–Trinajstić information content (AvgIpc) is 2.97. The molecule has 0 aliphatic carbocycles. The second-order valence-electron chi connectivity index (χ2n) is 6.89. The van der Waals surface area contributed by atoms with Gasteiger partial charge in [0.15, 0.2) is 0 Å².